The lowest BCUT2D eigenvalue weighted by atomic mass is 10.1. The van der Waals surface area contributed by atoms with Gasteiger partial charge in [0.25, 0.3) is 0 Å². The van der Waals surface area contributed by atoms with E-state index in [2.05, 4.69) is 27.3 Å². The van der Waals surface area contributed by atoms with Gasteiger partial charge in [-0.2, -0.15) is 5.26 Å². The molecule has 19 heavy (non-hydrogen) atoms. The van der Waals surface area contributed by atoms with Crippen molar-refractivity contribution < 1.29 is 5.11 Å². The number of halogens is 2. The van der Waals surface area contributed by atoms with E-state index in [9.17, 15) is 5.11 Å². The Hall–Kier alpha value is -1.70. The largest absolute Gasteiger partial charge is 0.508 e. The van der Waals surface area contributed by atoms with Crippen LogP contribution in [0.4, 0.5) is 5.69 Å². The molecule has 0 aliphatic carbocycles. The Labute approximate surface area is 124 Å². The number of phenolic OH excluding ortho intramolecular Hbond substituents is 1. The van der Waals surface area contributed by atoms with Gasteiger partial charge in [0.15, 0.2) is 0 Å². The molecule has 5 heteroatoms. The van der Waals surface area contributed by atoms with Crippen molar-refractivity contribution in [1.29, 1.82) is 5.26 Å². The molecule has 2 rings (SSSR count). The zero-order valence-electron chi connectivity index (χ0n) is 9.82. The van der Waals surface area contributed by atoms with Gasteiger partial charge in [0.2, 0.25) is 0 Å². The number of phenols is 1. The molecule has 0 saturated heterocycles. The van der Waals surface area contributed by atoms with E-state index in [1.807, 2.05) is 6.07 Å². The van der Waals surface area contributed by atoms with Crippen molar-refractivity contribution in [2.75, 3.05) is 5.32 Å². The fourth-order valence-corrected chi connectivity index (χ4v) is 2.27. The fourth-order valence-electron chi connectivity index (χ4n) is 1.67. The second-order valence-corrected chi connectivity index (χ2v) is 5.22. The van der Waals surface area contributed by atoms with Gasteiger partial charge in [-0.15, -0.1) is 0 Å². The number of anilines is 1. The van der Waals surface area contributed by atoms with Gasteiger partial charge >= 0.3 is 0 Å². The lowest BCUT2D eigenvalue weighted by molar-refractivity contribution is 0.469. The summed E-state index contributed by atoms with van der Waals surface area (Å²) in [4.78, 5) is 0. The second kappa shape index (κ2) is 5.96. The van der Waals surface area contributed by atoms with Crippen molar-refractivity contribution in [1.82, 2.24) is 0 Å². The van der Waals surface area contributed by atoms with Gasteiger partial charge in [0.1, 0.15) is 11.8 Å². The number of nitrogens with one attached hydrogen (secondary N) is 1. The van der Waals surface area contributed by atoms with Gasteiger partial charge in [-0.05, 0) is 30.3 Å². The standard InChI is InChI=1S/C14H10BrClN2O/c15-10-4-5-13(9(6-10)7-17)18-8-11-12(16)2-1-3-14(11)19/h1-6,18-19H,8H2. The molecule has 0 aromatic heterocycles. The molecule has 2 N–H and O–H groups in total. The highest BCUT2D eigenvalue weighted by atomic mass is 79.9. The summed E-state index contributed by atoms with van der Waals surface area (Å²) in [5, 5.41) is 22.4. The van der Waals surface area contributed by atoms with Crippen LogP contribution in [0.3, 0.4) is 0 Å². The molecule has 3 nitrogen and oxygen atoms in total. The molecule has 0 heterocycles. The molecule has 0 aliphatic rings. The molecule has 0 bridgehead atoms. The molecule has 96 valence electrons. The van der Waals surface area contributed by atoms with E-state index < -0.39 is 0 Å². The van der Waals surface area contributed by atoms with Gasteiger partial charge in [0.05, 0.1) is 11.3 Å². The summed E-state index contributed by atoms with van der Waals surface area (Å²) >= 11 is 9.34. The first kappa shape index (κ1) is 13.7. The summed E-state index contributed by atoms with van der Waals surface area (Å²) in [7, 11) is 0. The van der Waals surface area contributed by atoms with Crippen molar-refractivity contribution in [2.24, 2.45) is 0 Å². The first-order chi connectivity index (χ1) is 9.11. The number of nitriles is 1. The minimum atomic E-state index is 0.135. The molecule has 0 aliphatic heterocycles. The summed E-state index contributed by atoms with van der Waals surface area (Å²) < 4.78 is 0.843. The third-order valence-corrected chi connectivity index (χ3v) is 3.50. The summed E-state index contributed by atoms with van der Waals surface area (Å²) in [5.41, 5.74) is 1.84. The Kier molecular flexibility index (Phi) is 4.31. The van der Waals surface area contributed by atoms with Crippen molar-refractivity contribution in [3.8, 4) is 11.8 Å². The Balaban J connectivity index is 2.22. The van der Waals surface area contributed by atoms with E-state index in [1.165, 1.54) is 0 Å². The monoisotopic (exact) mass is 336 g/mol. The minimum Gasteiger partial charge on any atom is -0.508 e. The maximum absolute atomic E-state index is 9.74. The van der Waals surface area contributed by atoms with Gasteiger partial charge < -0.3 is 10.4 Å². The van der Waals surface area contributed by atoms with Crippen LogP contribution < -0.4 is 5.32 Å². The summed E-state index contributed by atoms with van der Waals surface area (Å²) in [5.74, 6) is 0.135. The SMILES string of the molecule is N#Cc1cc(Br)ccc1NCc1c(O)cccc1Cl. The Bertz CT molecular complexity index is 632. The van der Waals surface area contributed by atoms with E-state index in [1.54, 1.807) is 30.3 Å². The quantitative estimate of drug-likeness (QED) is 0.878. The van der Waals surface area contributed by atoms with Crippen LogP contribution in [-0.4, -0.2) is 5.11 Å². The minimum absolute atomic E-state index is 0.135. The van der Waals surface area contributed by atoms with Gasteiger partial charge in [0, 0.05) is 21.6 Å². The Morgan fingerprint density at radius 3 is 2.79 bits per heavy atom. The predicted molar refractivity (Wildman–Crippen MR) is 79.3 cm³/mol. The number of nitrogens with zero attached hydrogens (tertiary/aromatic N) is 1. The number of hydrogen-bond donors (Lipinski definition) is 2. The normalized spacial score (nSPS) is 9.95. The zero-order chi connectivity index (χ0) is 13.8. The lowest BCUT2D eigenvalue weighted by Crippen LogP contribution is -2.02. The smallest absolute Gasteiger partial charge is 0.122 e. The average Bonchev–Trinajstić information content (AvgIpc) is 2.39. The van der Waals surface area contributed by atoms with Crippen LogP contribution in [-0.2, 0) is 6.54 Å². The van der Waals surface area contributed by atoms with Crippen molar-refractivity contribution in [3.63, 3.8) is 0 Å². The predicted octanol–water partition coefficient (Wildman–Crippen LogP) is 4.29. The number of aromatic hydroxyl groups is 1. The van der Waals surface area contributed by atoms with Gasteiger partial charge in [-0.1, -0.05) is 33.6 Å². The van der Waals surface area contributed by atoms with E-state index in [4.69, 9.17) is 16.9 Å². The first-order valence-corrected chi connectivity index (χ1v) is 6.69. The second-order valence-electron chi connectivity index (χ2n) is 3.89. The highest BCUT2D eigenvalue weighted by Gasteiger charge is 2.07. The van der Waals surface area contributed by atoms with Crippen LogP contribution >= 0.6 is 27.5 Å². The molecule has 0 fully saturated rings. The third-order valence-electron chi connectivity index (χ3n) is 2.65. The molecular weight excluding hydrogens is 328 g/mol. The van der Waals surface area contributed by atoms with Gasteiger partial charge in [-0.3, -0.25) is 0 Å². The van der Waals surface area contributed by atoms with Crippen LogP contribution in [0.5, 0.6) is 5.75 Å². The summed E-state index contributed by atoms with van der Waals surface area (Å²) in [6.07, 6.45) is 0. The van der Waals surface area contributed by atoms with Crippen LogP contribution in [0.25, 0.3) is 0 Å². The van der Waals surface area contributed by atoms with Gasteiger partial charge in [-0.25, -0.2) is 0 Å². The van der Waals surface area contributed by atoms with Crippen LogP contribution in [0, 0.1) is 11.3 Å². The molecule has 2 aromatic carbocycles. The number of hydrogen-bond acceptors (Lipinski definition) is 3. The zero-order valence-corrected chi connectivity index (χ0v) is 12.2. The van der Waals surface area contributed by atoms with Crippen LogP contribution in [0.2, 0.25) is 5.02 Å². The number of rotatable bonds is 3. The van der Waals surface area contributed by atoms with Crippen molar-refractivity contribution in [2.45, 2.75) is 6.54 Å². The van der Waals surface area contributed by atoms with E-state index in [-0.39, 0.29) is 5.75 Å². The Morgan fingerprint density at radius 2 is 2.11 bits per heavy atom. The molecule has 2 aromatic rings. The molecule has 0 amide bonds. The topological polar surface area (TPSA) is 56.0 Å². The van der Waals surface area contributed by atoms with E-state index >= 15 is 0 Å². The van der Waals surface area contributed by atoms with Crippen LogP contribution in [0.15, 0.2) is 40.9 Å². The van der Waals surface area contributed by atoms with E-state index in [0.29, 0.717) is 28.4 Å². The van der Waals surface area contributed by atoms with Crippen molar-refractivity contribution in [3.05, 3.63) is 57.0 Å². The number of benzene rings is 2. The molecule has 0 radical (unpaired) electrons. The average molecular weight is 338 g/mol. The highest BCUT2D eigenvalue weighted by Crippen LogP contribution is 2.27. The third kappa shape index (κ3) is 3.19. The van der Waals surface area contributed by atoms with Crippen LogP contribution in [0.1, 0.15) is 11.1 Å². The Morgan fingerprint density at radius 1 is 1.32 bits per heavy atom. The fraction of sp³-hybridized carbons (Fsp3) is 0.0714. The first-order valence-electron chi connectivity index (χ1n) is 5.51. The molecule has 0 spiro atoms. The molecule has 0 unspecified atom stereocenters. The summed E-state index contributed by atoms with van der Waals surface area (Å²) in [6.45, 7) is 0.349. The highest BCUT2D eigenvalue weighted by molar-refractivity contribution is 9.10. The lowest BCUT2D eigenvalue weighted by Gasteiger charge is -2.11. The maximum atomic E-state index is 9.74. The molecule has 0 saturated carbocycles. The molecular formula is C14H10BrClN2O. The van der Waals surface area contributed by atoms with E-state index in [0.717, 1.165) is 4.47 Å². The summed E-state index contributed by atoms with van der Waals surface area (Å²) in [6, 6.07) is 12.5. The van der Waals surface area contributed by atoms with Crippen molar-refractivity contribution >= 4 is 33.2 Å². The maximum Gasteiger partial charge on any atom is 0.122 e. The molecule has 0 atom stereocenters.